The molecule has 0 unspecified atom stereocenters. The lowest BCUT2D eigenvalue weighted by atomic mass is 10.1. The topological polar surface area (TPSA) is 82.2 Å². The third-order valence-electron chi connectivity index (χ3n) is 6.63. The van der Waals surface area contributed by atoms with Gasteiger partial charge in [-0.05, 0) is 62.7 Å². The molecule has 184 valence electrons. The molecule has 2 aromatic rings. The molecule has 2 saturated heterocycles. The number of carbonyl (C=O) groups is 1. The van der Waals surface area contributed by atoms with Gasteiger partial charge in [-0.25, -0.2) is 8.42 Å². The van der Waals surface area contributed by atoms with Gasteiger partial charge in [0.05, 0.1) is 24.2 Å². The van der Waals surface area contributed by atoms with E-state index in [1.54, 1.807) is 24.3 Å². The normalized spacial score (nSPS) is 18.3. The largest absolute Gasteiger partial charge is 0.378 e. The van der Waals surface area contributed by atoms with Crippen molar-refractivity contribution in [1.29, 1.82) is 0 Å². The Kier molecular flexibility index (Phi) is 7.88. The van der Waals surface area contributed by atoms with E-state index in [4.69, 9.17) is 4.74 Å². The molecular formula is C25H34N4O4S. The van der Waals surface area contributed by atoms with Crippen LogP contribution >= 0.6 is 0 Å². The molecule has 2 fully saturated rings. The molecule has 0 aromatic heterocycles. The predicted octanol–water partition coefficient (Wildman–Crippen LogP) is 2.77. The van der Waals surface area contributed by atoms with Crippen molar-refractivity contribution in [2.75, 3.05) is 56.7 Å². The van der Waals surface area contributed by atoms with Gasteiger partial charge in [0.2, 0.25) is 15.9 Å². The van der Waals surface area contributed by atoms with E-state index in [-0.39, 0.29) is 16.8 Å². The van der Waals surface area contributed by atoms with E-state index in [0.29, 0.717) is 25.3 Å². The summed E-state index contributed by atoms with van der Waals surface area (Å²) in [5.41, 5.74) is 2.93. The summed E-state index contributed by atoms with van der Waals surface area (Å²) in [6.45, 7) is 6.81. The summed E-state index contributed by atoms with van der Waals surface area (Å²) in [5, 5.41) is 2.92. The van der Waals surface area contributed by atoms with Gasteiger partial charge >= 0.3 is 0 Å². The fourth-order valence-electron chi connectivity index (χ4n) is 4.40. The fraction of sp³-hybridized carbons (Fsp3) is 0.480. The van der Waals surface area contributed by atoms with Gasteiger partial charge in [0.15, 0.2) is 0 Å². The molecule has 0 radical (unpaired) electrons. The van der Waals surface area contributed by atoms with Gasteiger partial charge in [0, 0.05) is 44.1 Å². The number of anilines is 2. The lowest BCUT2D eigenvalue weighted by Crippen LogP contribution is -2.40. The van der Waals surface area contributed by atoms with Crippen molar-refractivity contribution in [3.8, 4) is 0 Å². The van der Waals surface area contributed by atoms with Gasteiger partial charge in [-0.2, -0.15) is 4.31 Å². The van der Waals surface area contributed by atoms with Crippen LogP contribution in [0.4, 0.5) is 11.4 Å². The minimum atomic E-state index is -3.46. The van der Waals surface area contributed by atoms with E-state index in [2.05, 4.69) is 22.3 Å². The number of para-hydroxylation sites is 1. The lowest BCUT2D eigenvalue weighted by molar-refractivity contribution is -0.120. The second kappa shape index (κ2) is 10.9. The monoisotopic (exact) mass is 486 g/mol. The van der Waals surface area contributed by atoms with Crippen LogP contribution < -0.4 is 10.2 Å². The number of hydrogen-bond donors (Lipinski definition) is 1. The first-order valence-electron chi connectivity index (χ1n) is 11.9. The quantitative estimate of drug-likeness (QED) is 0.618. The number of ether oxygens (including phenoxy) is 1. The second-order valence-corrected chi connectivity index (χ2v) is 10.9. The van der Waals surface area contributed by atoms with Crippen molar-refractivity contribution in [2.45, 2.75) is 37.2 Å². The number of nitrogens with zero attached hydrogens (tertiary/aromatic N) is 3. The number of likely N-dealkylation sites (N-methyl/N-ethyl adjacent to an activating group) is 1. The van der Waals surface area contributed by atoms with Crippen LogP contribution in [-0.2, 0) is 26.1 Å². The number of benzene rings is 2. The van der Waals surface area contributed by atoms with Crippen LogP contribution in [0.3, 0.4) is 0 Å². The Morgan fingerprint density at radius 1 is 1.03 bits per heavy atom. The first-order valence-corrected chi connectivity index (χ1v) is 13.3. The molecule has 0 spiro atoms. The summed E-state index contributed by atoms with van der Waals surface area (Å²) < 4.78 is 32.4. The van der Waals surface area contributed by atoms with Crippen LogP contribution in [0.25, 0.3) is 0 Å². The van der Waals surface area contributed by atoms with E-state index in [1.807, 2.05) is 31.0 Å². The molecule has 0 aliphatic carbocycles. The Labute approximate surface area is 202 Å². The number of carbonyl (C=O) groups excluding carboxylic acids is 1. The highest BCUT2D eigenvalue weighted by atomic mass is 32.2. The first kappa shape index (κ1) is 24.7. The van der Waals surface area contributed by atoms with Crippen molar-refractivity contribution >= 4 is 27.3 Å². The van der Waals surface area contributed by atoms with Crippen LogP contribution in [0.2, 0.25) is 0 Å². The minimum absolute atomic E-state index is 0.137. The number of sulfonamides is 1. The molecule has 2 aliphatic rings. The molecular weight excluding hydrogens is 452 g/mol. The standard InChI is InChI=1S/C25H34N4O4S/c1-20(27(2)19-21-7-3-4-8-24(21)28-15-17-33-18-16-28)25(30)26-22-9-11-23(12-10-22)34(31,32)29-13-5-6-14-29/h3-4,7-12,20H,5-6,13-19H2,1-2H3,(H,26,30)/t20-/m0/s1. The van der Waals surface area contributed by atoms with Crippen LogP contribution in [0.5, 0.6) is 0 Å². The van der Waals surface area contributed by atoms with Gasteiger partial charge in [0.25, 0.3) is 0 Å². The van der Waals surface area contributed by atoms with Crippen molar-refractivity contribution in [1.82, 2.24) is 9.21 Å². The number of morpholine rings is 1. The van der Waals surface area contributed by atoms with Crippen LogP contribution in [0, 0.1) is 0 Å². The molecule has 1 atom stereocenters. The average molecular weight is 487 g/mol. The third-order valence-corrected chi connectivity index (χ3v) is 8.54. The highest BCUT2D eigenvalue weighted by Gasteiger charge is 2.27. The van der Waals surface area contributed by atoms with Crippen LogP contribution in [-0.4, -0.2) is 76.0 Å². The molecule has 9 heteroatoms. The van der Waals surface area contributed by atoms with Crippen LogP contribution in [0.15, 0.2) is 53.4 Å². The highest BCUT2D eigenvalue weighted by Crippen LogP contribution is 2.24. The van der Waals surface area contributed by atoms with E-state index in [9.17, 15) is 13.2 Å². The summed E-state index contributed by atoms with van der Waals surface area (Å²) in [4.78, 5) is 17.5. The van der Waals surface area contributed by atoms with Crippen molar-refractivity contribution in [2.24, 2.45) is 0 Å². The van der Waals surface area contributed by atoms with Crippen LogP contribution in [0.1, 0.15) is 25.3 Å². The smallest absolute Gasteiger partial charge is 0.243 e. The molecule has 8 nitrogen and oxygen atoms in total. The maximum atomic E-state index is 12.9. The molecule has 1 N–H and O–H groups in total. The number of nitrogens with one attached hydrogen (secondary N) is 1. The molecule has 0 bridgehead atoms. The Morgan fingerprint density at radius 3 is 2.35 bits per heavy atom. The second-order valence-electron chi connectivity index (χ2n) is 8.94. The predicted molar refractivity (Wildman–Crippen MR) is 133 cm³/mol. The van der Waals surface area contributed by atoms with Gasteiger partial charge in [0.1, 0.15) is 0 Å². The van der Waals surface area contributed by atoms with Crippen molar-refractivity contribution in [3.63, 3.8) is 0 Å². The zero-order valence-electron chi connectivity index (χ0n) is 19.9. The maximum absolute atomic E-state index is 12.9. The molecule has 2 heterocycles. The summed E-state index contributed by atoms with van der Waals surface area (Å²) in [5.74, 6) is -0.137. The summed E-state index contributed by atoms with van der Waals surface area (Å²) >= 11 is 0. The number of amides is 1. The van der Waals surface area contributed by atoms with E-state index in [1.165, 1.54) is 15.6 Å². The lowest BCUT2D eigenvalue weighted by Gasteiger charge is -2.32. The zero-order valence-corrected chi connectivity index (χ0v) is 20.8. The Balaban J connectivity index is 1.37. The Morgan fingerprint density at radius 2 is 1.68 bits per heavy atom. The zero-order chi connectivity index (χ0) is 24.1. The summed E-state index contributed by atoms with van der Waals surface area (Å²) in [6, 6.07) is 14.4. The first-order chi connectivity index (χ1) is 16.4. The Bertz CT molecular complexity index is 1080. The van der Waals surface area contributed by atoms with E-state index in [0.717, 1.165) is 39.1 Å². The summed E-state index contributed by atoms with van der Waals surface area (Å²) in [7, 11) is -1.52. The van der Waals surface area contributed by atoms with Gasteiger partial charge in [-0.15, -0.1) is 0 Å². The number of rotatable bonds is 8. The third kappa shape index (κ3) is 5.60. The SMILES string of the molecule is C[C@@H](C(=O)Nc1ccc(S(=O)(=O)N2CCCC2)cc1)N(C)Cc1ccccc1N1CCOCC1. The highest BCUT2D eigenvalue weighted by molar-refractivity contribution is 7.89. The molecule has 2 aromatic carbocycles. The number of hydrogen-bond acceptors (Lipinski definition) is 6. The molecule has 1 amide bonds. The minimum Gasteiger partial charge on any atom is -0.378 e. The Hall–Kier alpha value is -2.46. The van der Waals surface area contributed by atoms with Gasteiger partial charge < -0.3 is 15.0 Å². The van der Waals surface area contributed by atoms with E-state index < -0.39 is 10.0 Å². The van der Waals surface area contributed by atoms with E-state index >= 15 is 0 Å². The van der Waals surface area contributed by atoms with Gasteiger partial charge in [-0.1, -0.05) is 18.2 Å². The van der Waals surface area contributed by atoms with Crippen molar-refractivity contribution in [3.05, 3.63) is 54.1 Å². The molecule has 2 aliphatic heterocycles. The average Bonchev–Trinajstić information content (AvgIpc) is 3.41. The molecule has 0 saturated carbocycles. The molecule has 34 heavy (non-hydrogen) atoms. The van der Waals surface area contributed by atoms with Gasteiger partial charge in [-0.3, -0.25) is 9.69 Å². The summed E-state index contributed by atoms with van der Waals surface area (Å²) in [6.07, 6.45) is 1.80. The van der Waals surface area contributed by atoms with Crippen molar-refractivity contribution < 1.29 is 17.9 Å². The maximum Gasteiger partial charge on any atom is 0.243 e. The molecule has 4 rings (SSSR count). The fourth-order valence-corrected chi connectivity index (χ4v) is 5.91.